The van der Waals surface area contributed by atoms with Gasteiger partial charge in [0.2, 0.25) is 5.82 Å². The van der Waals surface area contributed by atoms with Gasteiger partial charge in [-0.05, 0) is 36.6 Å². The SMILES string of the molecule is CC(C)CN(Cc1ccc(C#N)cc1)c1ncnc(NC[C@@H]2CCN(C(C=O)CN)C[C@H]2O)c1F. The van der Waals surface area contributed by atoms with Crippen LogP contribution >= 0.6 is 0 Å². The Morgan fingerprint density at radius 3 is 2.71 bits per heavy atom. The molecule has 1 aromatic carbocycles. The van der Waals surface area contributed by atoms with E-state index in [1.54, 1.807) is 12.1 Å². The molecule has 0 saturated carbocycles. The standard InChI is InChI=1S/C25H34FN7O2/c1-17(2)12-33(13-19-5-3-18(9-27)4-6-19)25-23(26)24(30-16-31-25)29-11-20-7-8-32(14-22(20)35)21(10-28)15-34/h3-6,15-17,20-22,35H,7-8,10-14,28H2,1-2H3,(H,29,30,31)/t20-,21?,22+/m0/s1. The van der Waals surface area contributed by atoms with Crippen LogP contribution in [0, 0.1) is 29.0 Å². The Balaban J connectivity index is 1.70. The first-order valence-corrected chi connectivity index (χ1v) is 11.9. The van der Waals surface area contributed by atoms with Crippen molar-refractivity contribution in [1.82, 2.24) is 14.9 Å². The van der Waals surface area contributed by atoms with Crippen molar-refractivity contribution in [2.75, 3.05) is 42.9 Å². The lowest BCUT2D eigenvalue weighted by molar-refractivity contribution is -0.113. The molecule has 1 fully saturated rings. The highest BCUT2D eigenvalue weighted by molar-refractivity contribution is 5.58. The number of halogens is 1. The summed E-state index contributed by atoms with van der Waals surface area (Å²) in [6.45, 7) is 6.66. The van der Waals surface area contributed by atoms with Crippen molar-refractivity contribution in [3.63, 3.8) is 0 Å². The number of anilines is 2. The van der Waals surface area contributed by atoms with Gasteiger partial charge in [-0.1, -0.05) is 26.0 Å². The number of carbonyl (C=O) groups excluding carboxylic acids is 1. The van der Waals surface area contributed by atoms with Crippen LogP contribution in [0.2, 0.25) is 0 Å². The summed E-state index contributed by atoms with van der Waals surface area (Å²) < 4.78 is 15.5. The average molecular weight is 484 g/mol. The van der Waals surface area contributed by atoms with Gasteiger partial charge >= 0.3 is 0 Å². The minimum atomic E-state index is -0.663. The lowest BCUT2D eigenvalue weighted by atomic mass is 9.93. The molecule has 1 aliphatic rings. The number of nitrogens with zero attached hydrogens (tertiary/aromatic N) is 5. The van der Waals surface area contributed by atoms with E-state index in [1.165, 1.54) is 6.33 Å². The molecule has 9 nitrogen and oxygen atoms in total. The van der Waals surface area contributed by atoms with Crippen molar-refractivity contribution in [3.8, 4) is 6.07 Å². The molecule has 0 amide bonds. The zero-order chi connectivity index (χ0) is 25.4. The number of aliphatic hydroxyl groups excluding tert-OH is 1. The molecule has 1 unspecified atom stereocenters. The summed E-state index contributed by atoms with van der Waals surface area (Å²) in [6, 6.07) is 8.91. The molecule has 35 heavy (non-hydrogen) atoms. The maximum atomic E-state index is 15.5. The maximum Gasteiger partial charge on any atom is 0.207 e. The normalized spacial score (nSPS) is 19.2. The number of aromatic nitrogens is 2. The van der Waals surface area contributed by atoms with Crippen LogP contribution in [0.3, 0.4) is 0 Å². The molecule has 188 valence electrons. The van der Waals surface area contributed by atoms with Gasteiger partial charge in [0.1, 0.15) is 12.6 Å². The fraction of sp³-hybridized carbons (Fsp3) is 0.520. The Kier molecular flexibility index (Phi) is 9.48. The van der Waals surface area contributed by atoms with Crippen molar-refractivity contribution in [2.45, 2.75) is 39.0 Å². The Labute approximate surface area is 205 Å². The van der Waals surface area contributed by atoms with E-state index < -0.39 is 18.0 Å². The van der Waals surface area contributed by atoms with E-state index in [0.717, 1.165) is 11.8 Å². The number of aldehydes is 1. The molecule has 2 heterocycles. The van der Waals surface area contributed by atoms with Gasteiger partial charge in [0, 0.05) is 38.6 Å². The van der Waals surface area contributed by atoms with E-state index in [1.807, 2.05) is 21.9 Å². The summed E-state index contributed by atoms with van der Waals surface area (Å²) in [7, 11) is 0. The number of likely N-dealkylation sites (tertiary alicyclic amines) is 1. The number of nitrogens with two attached hydrogens (primary N) is 1. The summed E-state index contributed by atoms with van der Waals surface area (Å²) in [5.74, 6) is -0.0979. The predicted octanol–water partition coefficient (Wildman–Crippen LogP) is 1.77. The summed E-state index contributed by atoms with van der Waals surface area (Å²) in [4.78, 5) is 23.3. The molecular formula is C25H34FN7O2. The van der Waals surface area contributed by atoms with Crippen molar-refractivity contribution in [3.05, 3.63) is 47.5 Å². The second-order valence-electron chi connectivity index (χ2n) is 9.37. The molecule has 3 atom stereocenters. The van der Waals surface area contributed by atoms with Crippen molar-refractivity contribution >= 4 is 17.9 Å². The van der Waals surface area contributed by atoms with Crippen LogP contribution in [0.25, 0.3) is 0 Å². The second kappa shape index (κ2) is 12.5. The topological polar surface area (TPSA) is 131 Å². The summed E-state index contributed by atoms with van der Waals surface area (Å²) in [5, 5.41) is 22.7. The minimum Gasteiger partial charge on any atom is -0.391 e. The van der Waals surface area contributed by atoms with E-state index in [0.29, 0.717) is 44.7 Å². The third-order valence-corrected chi connectivity index (χ3v) is 6.26. The highest BCUT2D eigenvalue weighted by Crippen LogP contribution is 2.26. The second-order valence-corrected chi connectivity index (χ2v) is 9.37. The van der Waals surface area contributed by atoms with Crippen LogP contribution in [0.1, 0.15) is 31.4 Å². The highest BCUT2D eigenvalue weighted by Gasteiger charge is 2.31. The fourth-order valence-electron chi connectivity index (χ4n) is 4.34. The molecular weight excluding hydrogens is 449 g/mol. The quantitative estimate of drug-likeness (QED) is 0.409. The van der Waals surface area contributed by atoms with Crippen LogP contribution in [-0.2, 0) is 11.3 Å². The van der Waals surface area contributed by atoms with Gasteiger partial charge in [-0.15, -0.1) is 0 Å². The Hall–Kier alpha value is -3.13. The largest absolute Gasteiger partial charge is 0.391 e. The molecule has 3 rings (SSSR count). The van der Waals surface area contributed by atoms with Crippen LogP contribution in [0.5, 0.6) is 0 Å². The van der Waals surface area contributed by atoms with Crippen molar-refractivity contribution in [2.24, 2.45) is 17.6 Å². The molecule has 10 heteroatoms. The molecule has 1 aliphatic heterocycles. The minimum absolute atomic E-state index is 0.0888. The summed E-state index contributed by atoms with van der Waals surface area (Å²) in [6.07, 6.45) is 2.13. The number of hydrogen-bond acceptors (Lipinski definition) is 9. The number of β-amino-alcohol motifs (C(OH)–C–C–N with tert-alkyl or cyclic N) is 1. The van der Waals surface area contributed by atoms with Crippen LogP contribution < -0.4 is 16.0 Å². The molecule has 1 saturated heterocycles. The zero-order valence-corrected chi connectivity index (χ0v) is 20.3. The van der Waals surface area contributed by atoms with Gasteiger partial charge in [0.15, 0.2) is 11.6 Å². The fourth-order valence-corrected chi connectivity index (χ4v) is 4.34. The van der Waals surface area contributed by atoms with E-state index in [2.05, 4.69) is 35.2 Å². The van der Waals surface area contributed by atoms with Crippen LogP contribution in [0.4, 0.5) is 16.0 Å². The number of aliphatic hydroxyl groups is 1. The van der Waals surface area contributed by atoms with Crippen molar-refractivity contribution < 1.29 is 14.3 Å². The highest BCUT2D eigenvalue weighted by atomic mass is 19.1. The maximum absolute atomic E-state index is 15.5. The Morgan fingerprint density at radius 2 is 2.11 bits per heavy atom. The number of piperidine rings is 1. The van der Waals surface area contributed by atoms with E-state index in [9.17, 15) is 9.90 Å². The lowest BCUT2D eigenvalue weighted by Gasteiger charge is -2.38. The van der Waals surface area contributed by atoms with Gasteiger partial charge in [0.05, 0.1) is 23.8 Å². The number of rotatable bonds is 11. The Bertz CT molecular complexity index is 1010. The number of hydrogen-bond donors (Lipinski definition) is 3. The molecule has 2 aromatic rings. The zero-order valence-electron chi connectivity index (χ0n) is 20.3. The smallest absolute Gasteiger partial charge is 0.207 e. The predicted molar refractivity (Wildman–Crippen MR) is 132 cm³/mol. The van der Waals surface area contributed by atoms with E-state index >= 15 is 4.39 Å². The molecule has 4 N–H and O–H groups in total. The monoisotopic (exact) mass is 483 g/mol. The lowest BCUT2D eigenvalue weighted by Crippen LogP contribution is -2.52. The van der Waals surface area contributed by atoms with Gasteiger partial charge in [0.25, 0.3) is 0 Å². The number of nitriles is 1. The van der Waals surface area contributed by atoms with Gasteiger partial charge in [-0.3, -0.25) is 4.90 Å². The van der Waals surface area contributed by atoms with E-state index in [-0.39, 0.29) is 30.0 Å². The van der Waals surface area contributed by atoms with Crippen molar-refractivity contribution in [1.29, 1.82) is 5.26 Å². The molecule has 1 aromatic heterocycles. The van der Waals surface area contributed by atoms with E-state index in [4.69, 9.17) is 11.0 Å². The summed E-state index contributed by atoms with van der Waals surface area (Å²) in [5.41, 5.74) is 7.15. The number of benzene rings is 1. The third kappa shape index (κ3) is 6.94. The molecule has 0 bridgehead atoms. The molecule has 0 aliphatic carbocycles. The van der Waals surface area contributed by atoms with Gasteiger partial charge in [-0.25, -0.2) is 9.97 Å². The Morgan fingerprint density at radius 1 is 1.37 bits per heavy atom. The first kappa shape index (κ1) is 26.5. The molecule has 0 radical (unpaired) electrons. The number of nitrogens with one attached hydrogen (secondary N) is 1. The first-order valence-electron chi connectivity index (χ1n) is 11.9. The third-order valence-electron chi connectivity index (χ3n) is 6.26. The molecule has 0 spiro atoms. The average Bonchev–Trinajstić information content (AvgIpc) is 2.85. The first-order chi connectivity index (χ1) is 16.9. The summed E-state index contributed by atoms with van der Waals surface area (Å²) >= 11 is 0. The van der Waals surface area contributed by atoms with Crippen LogP contribution in [0.15, 0.2) is 30.6 Å². The van der Waals surface area contributed by atoms with Gasteiger partial charge < -0.3 is 25.9 Å². The van der Waals surface area contributed by atoms with Crippen LogP contribution in [-0.4, -0.2) is 71.1 Å². The number of carbonyl (C=O) groups is 1. The van der Waals surface area contributed by atoms with Gasteiger partial charge in [-0.2, -0.15) is 9.65 Å².